The van der Waals surface area contributed by atoms with Crippen LogP contribution in [0.5, 0.6) is 0 Å². The summed E-state index contributed by atoms with van der Waals surface area (Å²) in [6.45, 7) is 1.94. The first kappa shape index (κ1) is 11.4. The summed E-state index contributed by atoms with van der Waals surface area (Å²) in [7, 11) is 0. The molecule has 1 saturated carbocycles. The second-order valence-electron chi connectivity index (χ2n) is 5.17. The highest BCUT2D eigenvalue weighted by Gasteiger charge is 2.37. The fourth-order valence-corrected chi connectivity index (χ4v) is 3.12. The van der Waals surface area contributed by atoms with Crippen LogP contribution in [0.4, 0.5) is 0 Å². The molecule has 0 radical (unpaired) electrons. The molecule has 1 aromatic heterocycles. The molecule has 1 heterocycles. The molecular weight excluding hydrogens is 220 g/mol. The highest BCUT2D eigenvalue weighted by molar-refractivity contribution is 5.38. The predicted molar refractivity (Wildman–Crippen MR) is 72.5 cm³/mol. The molecular formula is C16H18N2. The van der Waals surface area contributed by atoms with Gasteiger partial charge in [0, 0.05) is 17.8 Å². The van der Waals surface area contributed by atoms with Crippen molar-refractivity contribution >= 4 is 0 Å². The number of hydrogen-bond donors (Lipinski definition) is 0. The molecule has 18 heavy (non-hydrogen) atoms. The molecule has 2 aromatic rings. The van der Waals surface area contributed by atoms with E-state index in [0.717, 1.165) is 5.82 Å². The minimum Gasteiger partial charge on any atom is -0.241 e. The van der Waals surface area contributed by atoms with E-state index < -0.39 is 0 Å². The van der Waals surface area contributed by atoms with E-state index in [1.165, 1.54) is 36.8 Å². The third-order valence-corrected chi connectivity index (χ3v) is 4.12. The van der Waals surface area contributed by atoms with Gasteiger partial charge in [0.25, 0.3) is 0 Å². The number of aromatic nitrogens is 2. The Kier molecular flexibility index (Phi) is 2.86. The van der Waals surface area contributed by atoms with Gasteiger partial charge < -0.3 is 0 Å². The molecule has 1 aliphatic rings. The van der Waals surface area contributed by atoms with Gasteiger partial charge >= 0.3 is 0 Å². The molecule has 0 atom stereocenters. The Balaban J connectivity index is 2.10. The SMILES string of the molecule is Cc1ncc(C2(c3ccccc3)CCCC2)cn1. The van der Waals surface area contributed by atoms with Crippen molar-refractivity contribution in [1.29, 1.82) is 0 Å². The summed E-state index contributed by atoms with van der Waals surface area (Å²) >= 11 is 0. The van der Waals surface area contributed by atoms with Gasteiger partial charge in [0.2, 0.25) is 0 Å². The maximum absolute atomic E-state index is 4.38. The van der Waals surface area contributed by atoms with Crippen molar-refractivity contribution in [1.82, 2.24) is 9.97 Å². The van der Waals surface area contributed by atoms with E-state index >= 15 is 0 Å². The molecule has 92 valence electrons. The van der Waals surface area contributed by atoms with Crippen molar-refractivity contribution in [2.75, 3.05) is 0 Å². The first-order valence-corrected chi connectivity index (χ1v) is 6.66. The Morgan fingerprint density at radius 1 is 0.889 bits per heavy atom. The highest BCUT2D eigenvalue weighted by Crippen LogP contribution is 2.45. The summed E-state index contributed by atoms with van der Waals surface area (Å²) in [6, 6.07) is 10.8. The number of hydrogen-bond acceptors (Lipinski definition) is 2. The third kappa shape index (κ3) is 1.82. The van der Waals surface area contributed by atoms with Gasteiger partial charge in [0.15, 0.2) is 0 Å². The lowest BCUT2D eigenvalue weighted by atomic mass is 9.74. The predicted octanol–water partition coefficient (Wildman–Crippen LogP) is 3.65. The normalized spacial score (nSPS) is 17.8. The van der Waals surface area contributed by atoms with Crippen LogP contribution in [0, 0.1) is 6.92 Å². The molecule has 2 heteroatoms. The number of rotatable bonds is 2. The quantitative estimate of drug-likeness (QED) is 0.798. The van der Waals surface area contributed by atoms with E-state index in [2.05, 4.69) is 40.3 Å². The number of nitrogens with zero attached hydrogens (tertiary/aromatic N) is 2. The van der Waals surface area contributed by atoms with Crippen molar-refractivity contribution in [3.05, 3.63) is 59.7 Å². The topological polar surface area (TPSA) is 25.8 Å². The second kappa shape index (κ2) is 4.52. The molecule has 0 N–H and O–H groups in total. The van der Waals surface area contributed by atoms with Crippen molar-refractivity contribution in [2.45, 2.75) is 38.0 Å². The van der Waals surface area contributed by atoms with Gasteiger partial charge in [-0.2, -0.15) is 0 Å². The number of aryl methyl sites for hydroxylation is 1. The Morgan fingerprint density at radius 3 is 2.11 bits per heavy atom. The van der Waals surface area contributed by atoms with Gasteiger partial charge in [-0.1, -0.05) is 43.2 Å². The fourth-order valence-electron chi connectivity index (χ4n) is 3.12. The lowest BCUT2D eigenvalue weighted by Gasteiger charge is -2.29. The standard InChI is InChI=1S/C16H18N2/c1-13-17-11-15(12-18-13)16(9-5-6-10-16)14-7-3-2-4-8-14/h2-4,7-8,11-12H,5-6,9-10H2,1H3. The highest BCUT2D eigenvalue weighted by atomic mass is 14.8. The Hall–Kier alpha value is -1.70. The van der Waals surface area contributed by atoms with Gasteiger partial charge in [-0.05, 0) is 30.9 Å². The van der Waals surface area contributed by atoms with Crippen molar-refractivity contribution in [3.8, 4) is 0 Å². The van der Waals surface area contributed by atoms with Gasteiger partial charge in [-0.25, -0.2) is 9.97 Å². The van der Waals surface area contributed by atoms with E-state index in [9.17, 15) is 0 Å². The van der Waals surface area contributed by atoms with E-state index in [0.29, 0.717) is 0 Å². The number of benzene rings is 1. The monoisotopic (exact) mass is 238 g/mol. The van der Waals surface area contributed by atoms with Crippen LogP contribution in [0.25, 0.3) is 0 Å². The zero-order valence-corrected chi connectivity index (χ0v) is 10.8. The Morgan fingerprint density at radius 2 is 1.50 bits per heavy atom. The summed E-state index contributed by atoms with van der Waals surface area (Å²) in [5.41, 5.74) is 2.83. The summed E-state index contributed by atoms with van der Waals surface area (Å²) in [6.07, 6.45) is 9.04. The summed E-state index contributed by atoms with van der Waals surface area (Å²) < 4.78 is 0. The lowest BCUT2D eigenvalue weighted by molar-refractivity contribution is 0.530. The van der Waals surface area contributed by atoms with Crippen LogP contribution in [0.2, 0.25) is 0 Å². The smallest absolute Gasteiger partial charge is 0.125 e. The largest absolute Gasteiger partial charge is 0.241 e. The minimum absolute atomic E-state index is 0.148. The molecule has 0 unspecified atom stereocenters. The van der Waals surface area contributed by atoms with E-state index in [1.54, 1.807) is 0 Å². The van der Waals surface area contributed by atoms with Crippen LogP contribution in [-0.4, -0.2) is 9.97 Å². The van der Waals surface area contributed by atoms with E-state index in [4.69, 9.17) is 0 Å². The van der Waals surface area contributed by atoms with Crippen LogP contribution in [0.1, 0.15) is 42.6 Å². The Bertz CT molecular complexity index is 511. The zero-order chi connectivity index (χ0) is 12.4. The van der Waals surface area contributed by atoms with Crippen LogP contribution in [0.3, 0.4) is 0 Å². The van der Waals surface area contributed by atoms with Gasteiger partial charge in [0.1, 0.15) is 5.82 Å². The van der Waals surface area contributed by atoms with Crippen molar-refractivity contribution in [3.63, 3.8) is 0 Å². The molecule has 1 aliphatic carbocycles. The van der Waals surface area contributed by atoms with Gasteiger partial charge in [0.05, 0.1) is 0 Å². The molecule has 0 bridgehead atoms. The molecule has 0 saturated heterocycles. The van der Waals surface area contributed by atoms with E-state index in [-0.39, 0.29) is 5.41 Å². The average Bonchev–Trinajstić information content (AvgIpc) is 2.91. The zero-order valence-electron chi connectivity index (χ0n) is 10.8. The van der Waals surface area contributed by atoms with Crippen LogP contribution in [0.15, 0.2) is 42.7 Å². The summed E-state index contributed by atoms with van der Waals surface area (Å²) in [5, 5.41) is 0. The summed E-state index contributed by atoms with van der Waals surface area (Å²) in [4.78, 5) is 8.77. The van der Waals surface area contributed by atoms with Crippen LogP contribution >= 0.6 is 0 Å². The molecule has 0 amide bonds. The molecule has 0 spiro atoms. The average molecular weight is 238 g/mol. The maximum Gasteiger partial charge on any atom is 0.125 e. The molecule has 3 rings (SSSR count). The van der Waals surface area contributed by atoms with Crippen molar-refractivity contribution in [2.24, 2.45) is 0 Å². The molecule has 0 aliphatic heterocycles. The minimum atomic E-state index is 0.148. The second-order valence-corrected chi connectivity index (χ2v) is 5.17. The Labute approximate surface area is 108 Å². The van der Waals surface area contributed by atoms with Crippen molar-refractivity contribution < 1.29 is 0 Å². The molecule has 1 fully saturated rings. The lowest BCUT2D eigenvalue weighted by Crippen LogP contribution is -2.24. The fraction of sp³-hybridized carbons (Fsp3) is 0.375. The maximum atomic E-state index is 4.38. The first-order chi connectivity index (χ1) is 8.81. The third-order valence-electron chi connectivity index (χ3n) is 4.12. The first-order valence-electron chi connectivity index (χ1n) is 6.66. The van der Waals surface area contributed by atoms with Gasteiger partial charge in [-0.15, -0.1) is 0 Å². The van der Waals surface area contributed by atoms with Crippen LogP contribution in [-0.2, 0) is 5.41 Å². The molecule has 2 nitrogen and oxygen atoms in total. The summed E-state index contributed by atoms with van der Waals surface area (Å²) in [5.74, 6) is 0.847. The van der Waals surface area contributed by atoms with E-state index in [1.807, 2.05) is 19.3 Å². The van der Waals surface area contributed by atoms with Crippen LogP contribution < -0.4 is 0 Å². The molecule has 1 aromatic carbocycles. The van der Waals surface area contributed by atoms with Gasteiger partial charge in [-0.3, -0.25) is 0 Å².